The van der Waals surface area contributed by atoms with Crippen LogP contribution in [-0.4, -0.2) is 36.2 Å². The van der Waals surface area contributed by atoms with E-state index >= 15 is 0 Å². The van der Waals surface area contributed by atoms with Gasteiger partial charge in [0, 0.05) is 19.0 Å². The van der Waals surface area contributed by atoms with E-state index in [4.69, 9.17) is 11.2 Å². The lowest BCUT2D eigenvalue weighted by Crippen LogP contribution is -2.22. The Morgan fingerprint density at radius 3 is 2.67 bits per heavy atom. The molecule has 8 nitrogen and oxygen atoms in total. The molecule has 138 valence electrons. The van der Waals surface area contributed by atoms with Crippen molar-refractivity contribution < 1.29 is 14.3 Å². The van der Waals surface area contributed by atoms with Crippen LogP contribution >= 0.6 is 0 Å². The molecule has 2 amide bonds. The van der Waals surface area contributed by atoms with Crippen LogP contribution in [0.15, 0.2) is 24.3 Å². The van der Waals surface area contributed by atoms with Crippen LogP contribution in [0.5, 0.6) is 5.75 Å². The number of carbonyl (C=O) groups is 2. The molecule has 0 saturated heterocycles. The van der Waals surface area contributed by atoms with Gasteiger partial charge in [-0.15, -0.1) is 16.6 Å². The zero-order valence-electron chi connectivity index (χ0n) is 15.0. The summed E-state index contributed by atoms with van der Waals surface area (Å²) in [7, 11) is 3.00. The SMILES string of the molecule is C#Cc1cccc(Nc2cc(NC(=O)C3CC3)nnc2C(=O)NC)c1OC. The number of benzene rings is 1. The molecule has 1 saturated carbocycles. The third-order valence-corrected chi connectivity index (χ3v) is 4.08. The first kappa shape index (κ1) is 18.2. The number of anilines is 3. The maximum atomic E-state index is 12.1. The van der Waals surface area contributed by atoms with Crippen LogP contribution in [0.25, 0.3) is 0 Å². The molecule has 0 spiro atoms. The molecule has 3 rings (SSSR count). The summed E-state index contributed by atoms with van der Waals surface area (Å²) in [4.78, 5) is 24.1. The molecule has 0 aliphatic heterocycles. The summed E-state index contributed by atoms with van der Waals surface area (Å²) in [5.74, 6) is 2.77. The molecule has 1 aliphatic carbocycles. The maximum Gasteiger partial charge on any atom is 0.273 e. The molecular formula is C19H19N5O3. The number of carbonyl (C=O) groups excluding carboxylic acids is 2. The van der Waals surface area contributed by atoms with Gasteiger partial charge in [-0.3, -0.25) is 9.59 Å². The summed E-state index contributed by atoms with van der Waals surface area (Å²) in [5, 5.41) is 16.2. The fraction of sp³-hybridized carbons (Fsp3) is 0.263. The predicted molar refractivity (Wildman–Crippen MR) is 101 cm³/mol. The van der Waals surface area contributed by atoms with Crippen molar-refractivity contribution >= 4 is 29.0 Å². The average Bonchev–Trinajstić information content (AvgIpc) is 3.52. The van der Waals surface area contributed by atoms with Crippen molar-refractivity contribution in [1.82, 2.24) is 15.5 Å². The average molecular weight is 365 g/mol. The molecule has 0 radical (unpaired) electrons. The van der Waals surface area contributed by atoms with E-state index in [0.717, 1.165) is 12.8 Å². The number of nitrogens with zero attached hydrogens (tertiary/aromatic N) is 2. The largest absolute Gasteiger partial charge is 0.493 e. The summed E-state index contributed by atoms with van der Waals surface area (Å²) in [6.45, 7) is 0. The molecule has 3 N–H and O–H groups in total. The van der Waals surface area contributed by atoms with E-state index in [-0.39, 0.29) is 23.3 Å². The van der Waals surface area contributed by atoms with Crippen molar-refractivity contribution in [1.29, 1.82) is 0 Å². The van der Waals surface area contributed by atoms with Crippen molar-refractivity contribution in [2.24, 2.45) is 5.92 Å². The van der Waals surface area contributed by atoms with E-state index in [9.17, 15) is 9.59 Å². The van der Waals surface area contributed by atoms with E-state index in [0.29, 0.717) is 22.7 Å². The first-order valence-corrected chi connectivity index (χ1v) is 8.38. The molecule has 0 atom stereocenters. The Kier molecular flexibility index (Phi) is 5.22. The Hall–Kier alpha value is -3.60. The van der Waals surface area contributed by atoms with E-state index in [2.05, 4.69) is 32.1 Å². The van der Waals surface area contributed by atoms with Crippen molar-refractivity contribution in [2.75, 3.05) is 24.8 Å². The van der Waals surface area contributed by atoms with E-state index in [1.54, 1.807) is 24.3 Å². The third-order valence-electron chi connectivity index (χ3n) is 4.08. The maximum absolute atomic E-state index is 12.1. The number of terminal acetylenes is 1. The Labute approximate surface area is 156 Å². The smallest absolute Gasteiger partial charge is 0.273 e. The summed E-state index contributed by atoms with van der Waals surface area (Å²) in [6.07, 6.45) is 7.25. The minimum absolute atomic E-state index is 0.0224. The second-order valence-corrected chi connectivity index (χ2v) is 5.99. The molecule has 1 aromatic carbocycles. The third kappa shape index (κ3) is 3.98. The number of methoxy groups -OCH3 is 1. The number of aromatic nitrogens is 2. The quantitative estimate of drug-likeness (QED) is 0.676. The highest BCUT2D eigenvalue weighted by Crippen LogP contribution is 2.33. The second kappa shape index (κ2) is 7.74. The molecule has 8 heteroatoms. The topological polar surface area (TPSA) is 105 Å². The van der Waals surface area contributed by atoms with Gasteiger partial charge in [-0.05, 0) is 25.0 Å². The summed E-state index contributed by atoms with van der Waals surface area (Å²) >= 11 is 0. The van der Waals surface area contributed by atoms with Crippen molar-refractivity contribution in [3.63, 3.8) is 0 Å². The lowest BCUT2D eigenvalue weighted by atomic mass is 10.1. The van der Waals surface area contributed by atoms with Crippen LogP contribution in [0, 0.1) is 18.3 Å². The van der Waals surface area contributed by atoms with E-state index in [1.807, 2.05) is 0 Å². The van der Waals surface area contributed by atoms with Crippen LogP contribution in [0.1, 0.15) is 28.9 Å². The standard InChI is InChI=1S/C19H19N5O3/c1-4-11-6-5-7-13(17(11)27-3)21-14-10-15(22-18(25)12-8-9-12)23-24-16(14)19(26)20-2/h1,5-7,10,12H,8-9H2,2-3H3,(H,20,26)(H2,21,22,23,25). The van der Waals surface area contributed by atoms with Crippen LogP contribution in [-0.2, 0) is 4.79 Å². The van der Waals surface area contributed by atoms with Gasteiger partial charge in [0.25, 0.3) is 5.91 Å². The van der Waals surface area contributed by atoms with Crippen LogP contribution in [0.4, 0.5) is 17.2 Å². The number of hydrogen-bond acceptors (Lipinski definition) is 6. The normalized spacial score (nSPS) is 12.6. The fourth-order valence-electron chi connectivity index (χ4n) is 2.52. The van der Waals surface area contributed by atoms with Gasteiger partial charge in [0.2, 0.25) is 5.91 Å². The van der Waals surface area contributed by atoms with E-state index < -0.39 is 5.91 Å². The Bertz CT molecular complexity index is 931. The number of ether oxygens (including phenoxy) is 1. The lowest BCUT2D eigenvalue weighted by Gasteiger charge is -2.15. The van der Waals surface area contributed by atoms with Gasteiger partial charge in [-0.1, -0.05) is 12.0 Å². The minimum atomic E-state index is -0.419. The summed E-state index contributed by atoms with van der Waals surface area (Å²) in [6, 6.07) is 6.83. The first-order valence-electron chi connectivity index (χ1n) is 8.38. The van der Waals surface area contributed by atoms with Crippen molar-refractivity contribution in [3.05, 3.63) is 35.5 Å². The van der Waals surface area contributed by atoms with Gasteiger partial charge in [-0.25, -0.2) is 0 Å². The van der Waals surface area contributed by atoms with Gasteiger partial charge >= 0.3 is 0 Å². The highest BCUT2D eigenvalue weighted by molar-refractivity contribution is 5.99. The van der Waals surface area contributed by atoms with Gasteiger partial charge in [-0.2, -0.15) is 0 Å². The number of amides is 2. The fourth-order valence-corrected chi connectivity index (χ4v) is 2.52. The van der Waals surface area contributed by atoms with E-state index in [1.165, 1.54) is 14.2 Å². The van der Waals surface area contributed by atoms with Gasteiger partial charge in [0.1, 0.15) is 0 Å². The zero-order valence-corrected chi connectivity index (χ0v) is 15.0. The molecule has 1 heterocycles. The molecule has 0 unspecified atom stereocenters. The lowest BCUT2D eigenvalue weighted by molar-refractivity contribution is -0.117. The number of para-hydroxylation sites is 1. The van der Waals surface area contributed by atoms with Gasteiger partial charge < -0.3 is 20.7 Å². The highest BCUT2D eigenvalue weighted by atomic mass is 16.5. The first-order chi connectivity index (χ1) is 13.1. The van der Waals surface area contributed by atoms with Gasteiger partial charge in [0.05, 0.1) is 24.0 Å². The zero-order chi connectivity index (χ0) is 19.4. The van der Waals surface area contributed by atoms with Crippen LogP contribution < -0.4 is 20.7 Å². The molecule has 1 aromatic heterocycles. The number of hydrogen-bond donors (Lipinski definition) is 3. The van der Waals surface area contributed by atoms with Crippen LogP contribution in [0.2, 0.25) is 0 Å². The number of nitrogens with one attached hydrogen (secondary N) is 3. The Balaban J connectivity index is 1.97. The summed E-state index contributed by atoms with van der Waals surface area (Å²) in [5.41, 5.74) is 1.57. The second-order valence-electron chi connectivity index (χ2n) is 5.99. The van der Waals surface area contributed by atoms with Gasteiger partial charge in [0.15, 0.2) is 17.3 Å². The predicted octanol–water partition coefficient (Wildman–Crippen LogP) is 1.92. The van der Waals surface area contributed by atoms with Crippen LogP contribution in [0.3, 0.4) is 0 Å². The Morgan fingerprint density at radius 2 is 2.04 bits per heavy atom. The van der Waals surface area contributed by atoms with Crippen molar-refractivity contribution in [3.8, 4) is 18.1 Å². The molecule has 0 bridgehead atoms. The monoisotopic (exact) mass is 365 g/mol. The molecular weight excluding hydrogens is 346 g/mol. The molecule has 2 aromatic rings. The molecule has 1 aliphatic rings. The molecule has 1 fully saturated rings. The minimum Gasteiger partial charge on any atom is -0.493 e. The Morgan fingerprint density at radius 1 is 1.26 bits per heavy atom. The summed E-state index contributed by atoms with van der Waals surface area (Å²) < 4.78 is 5.39. The highest BCUT2D eigenvalue weighted by Gasteiger charge is 2.30. The molecule has 27 heavy (non-hydrogen) atoms. The number of rotatable bonds is 6. The van der Waals surface area contributed by atoms with Crippen molar-refractivity contribution in [2.45, 2.75) is 12.8 Å².